The molecule has 0 aliphatic heterocycles. The lowest BCUT2D eigenvalue weighted by atomic mass is 9.43. The zero-order valence-electron chi connectivity index (χ0n) is 18.1. The Bertz CT molecular complexity index is 693. The third-order valence-corrected chi connectivity index (χ3v) is 9.37. The number of esters is 2. The normalized spacial score (nSPS) is 51.4. The standard InChI is InChI=1S/C23H36O6/c1-13(24)28-15-7-10-22(4)18-8-9-21(3)17(5-6-20(21)29-14(2)25)16(18)11-19(26)23(22,27)12-15/h15-20,26-27H,5-12H2,1-4H3/t15-,16-,17+,18+,19-,20-,21+,22-,23-/m0/s1. The van der Waals surface area contributed by atoms with Crippen LogP contribution in [0.3, 0.4) is 0 Å². The summed E-state index contributed by atoms with van der Waals surface area (Å²) in [6.45, 7) is 7.27. The van der Waals surface area contributed by atoms with Crippen LogP contribution in [0.2, 0.25) is 0 Å². The van der Waals surface area contributed by atoms with E-state index in [-0.39, 0.29) is 29.6 Å². The highest BCUT2D eigenvalue weighted by Crippen LogP contribution is 2.67. The molecule has 4 rings (SSSR count). The molecule has 0 spiro atoms. The minimum atomic E-state index is -1.23. The molecular weight excluding hydrogens is 372 g/mol. The fourth-order valence-electron chi connectivity index (χ4n) is 7.92. The number of rotatable bonds is 2. The highest BCUT2D eigenvalue weighted by molar-refractivity contribution is 5.66. The lowest BCUT2D eigenvalue weighted by molar-refractivity contribution is -0.267. The highest BCUT2D eigenvalue weighted by Gasteiger charge is 2.68. The van der Waals surface area contributed by atoms with Gasteiger partial charge in [0.05, 0.1) is 11.7 Å². The molecule has 0 radical (unpaired) electrons. The van der Waals surface area contributed by atoms with Gasteiger partial charge in [-0.15, -0.1) is 0 Å². The minimum Gasteiger partial charge on any atom is -0.462 e. The van der Waals surface area contributed by atoms with E-state index in [0.717, 1.165) is 38.5 Å². The van der Waals surface area contributed by atoms with Crippen LogP contribution < -0.4 is 0 Å². The van der Waals surface area contributed by atoms with Crippen molar-refractivity contribution in [3.8, 4) is 0 Å². The van der Waals surface area contributed by atoms with Crippen molar-refractivity contribution in [1.82, 2.24) is 0 Å². The lowest BCUT2D eigenvalue weighted by Gasteiger charge is -2.65. The molecule has 0 amide bonds. The molecule has 4 fully saturated rings. The van der Waals surface area contributed by atoms with Crippen molar-refractivity contribution in [1.29, 1.82) is 0 Å². The minimum absolute atomic E-state index is 0.0450. The van der Waals surface area contributed by atoms with Crippen molar-refractivity contribution >= 4 is 11.9 Å². The fourth-order valence-corrected chi connectivity index (χ4v) is 7.92. The Morgan fingerprint density at radius 3 is 2.28 bits per heavy atom. The number of hydrogen-bond acceptors (Lipinski definition) is 6. The maximum atomic E-state index is 11.7. The van der Waals surface area contributed by atoms with Crippen molar-refractivity contribution in [2.45, 2.75) is 103 Å². The average molecular weight is 409 g/mol. The van der Waals surface area contributed by atoms with E-state index < -0.39 is 17.1 Å². The molecule has 164 valence electrons. The van der Waals surface area contributed by atoms with E-state index in [9.17, 15) is 19.8 Å². The molecule has 2 N–H and O–H groups in total. The van der Waals surface area contributed by atoms with Crippen molar-refractivity contribution in [2.24, 2.45) is 28.6 Å². The summed E-state index contributed by atoms with van der Waals surface area (Å²) in [6.07, 6.45) is 4.99. The second-order valence-electron chi connectivity index (χ2n) is 10.7. The van der Waals surface area contributed by atoms with Crippen LogP contribution in [-0.2, 0) is 19.1 Å². The first kappa shape index (κ1) is 21.1. The van der Waals surface area contributed by atoms with E-state index in [1.165, 1.54) is 13.8 Å². The zero-order chi connectivity index (χ0) is 21.2. The summed E-state index contributed by atoms with van der Waals surface area (Å²) in [7, 11) is 0. The molecule has 6 nitrogen and oxygen atoms in total. The third kappa shape index (κ3) is 3.04. The van der Waals surface area contributed by atoms with Crippen LogP contribution in [-0.4, -0.2) is 46.1 Å². The first-order valence-electron chi connectivity index (χ1n) is 11.3. The van der Waals surface area contributed by atoms with Crippen LogP contribution in [0.4, 0.5) is 0 Å². The van der Waals surface area contributed by atoms with Gasteiger partial charge >= 0.3 is 11.9 Å². The van der Waals surface area contributed by atoms with Gasteiger partial charge < -0.3 is 19.7 Å². The zero-order valence-corrected chi connectivity index (χ0v) is 18.1. The van der Waals surface area contributed by atoms with Gasteiger partial charge in [0.1, 0.15) is 12.2 Å². The molecule has 0 bridgehead atoms. The van der Waals surface area contributed by atoms with Crippen molar-refractivity contribution in [3.63, 3.8) is 0 Å². The molecule has 4 saturated carbocycles. The van der Waals surface area contributed by atoms with Gasteiger partial charge in [0.25, 0.3) is 0 Å². The van der Waals surface area contributed by atoms with E-state index >= 15 is 0 Å². The molecule has 6 heteroatoms. The van der Waals surface area contributed by atoms with Crippen molar-refractivity contribution in [3.05, 3.63) is 0 Å². The van der Waals surface area contributed by atoms with Crippen LogP contribution in [0.5, 0.6) is 0 Å². The maximum absolute atomic E-state index is 11.7. The molecule has 0 aromatic heterocycles. The van der Waals surface area contributed by atoms with Gasteiger partial charge in [0.15, 0.2) is 0 Å². The molecule has 0 aromatic carbocycles. The van der Waals surface area contributed by atoms with E-state index in [2.05, 4.69) is 13.8 Å². The van der Waals surface area contributed by atoms with Gasteiger partial charge in [-0.25, -0.2) is 0 Å². The summed E-state index contributed by atoms with van der Waals surface area (Å²) >= 11 is 0. The molecule has 0 aromatic rings. The van der Waals surface area contributed by atoms with Crippen LogP contribution >= 0.6 is 0 Å². The molecule has 9 atom stereocenters. The predicted octanol–water partition coefficient (Wildman–Crippen LogP) is 2.98. The van der Waals surface area contributed by atoms with Crippen LogP contribution in [0.25, 0.3) is 0 Å². The molecule has 4 aliphatic carbocycles. The Labute approximate surface area is 173 Å². The largest absolute Gasteiger partial charge is 0.462 e. The van der Waals surface area contributed by atoms with Gasteiger partial charge in [0.2, 0.25) is 0 Å². The number of carbonyl (C=O) groups is 2. The quantitative estimate of drug-likeness (QED) is 0.683. The Balaban J connectivity index is 1.60. The van der Waals surface area contributed by atoms with E-state index in [1.807, 2.05) is 0 Å². The maximum Gasteiger partial charge on any atom is 0.302 e. The number of aliphatic hydroxyl groups is 2. The monoisotopic (exact) mass is 408 g/mol. The molecule has 29 heavy (non-hydrogen) atoms. The SMILES string of the molecule is CC(=O)O[C@H]1CC[C@@]2(C)[C@@H]3CC[C@@]4(C)[C@@H](OC(C)=O)CC[C@@H]4[C@@H]3C[C@H](O)[C@@]2(O)C1. The van der Waals surface area contributed by atoms with Gasteiger partial charge in [-0.05, 0) is 62.7 Å². The van der Waals surface area contributed by atoms with Crippen LogP contribution in [0.1, 0.15) is 79.1 Å². The Hall–Kier alpha value is -1.14. The summed E-state index contributed by atoms with van der Waals surface area (Å²) in [5.41, 5.74) is -1.67. The van der Waals surface area contributed by atoms with Crippen molar-refractivity contribution < 1.29 is 29.3 Å². The summed E-state index contributed by atoms with van der Waals surface area (Å²) in [5, 5.41) is 22.9. The van der Waals surface area contributed by atoms with Gasteiger partial charge in [-0.3, -0.25) is 9.59 Å². The van der Waals surface area contributed by atoms with Gasteiger partial charge in [-0.2, -0.15) is 0 Å². The molecule has 0 unspecified atom stereocenters. The van der Waals surface area contributed by atoms with Crippen molar-refractivity contribution in [2.75, 3.05) is 0 Å². The number of aliphatic hydroxyl groups excluding tert-OH is 1. The summed E-state index contributed by atoms with van der Waals surface area (Å²) in [6, 6.07) is 0. The summed E-state index contributed by atoms with van der Waals surface area (Å²) < 4.78 is 11.1. The van der Waals surface area contributed by atoms with E-state index in [4.69, 9.17) is 9.47 Å². The third-order valence-electron chi connectivity index (χ3n) is 9.37. The Morgan fingerprint density at radius 2 is 1.62 bits per heavy atom. The predicted molar refractivity (Wildman–Crippen MR) is 106 cm³/mol. The molecular formula is C23H36O6. The Morgan fingerprint density at radius 1 is 0.931 bits per heavy atom. The molecule has 4 aliphatic rings. The second kappa shape index (κ2) is 6.94. The summed E-state index contributed by atoms with van der Waals surface area (Å²) in [4.78, 5) is 23.0. The smallest absolute Gasteiger partial charge is 0.302 e. The van der Waals surface area contributed by atoms with Gasteiger partial charge in [0, 0.05) is 31.1 Å². The van der Waals surface area contributed by atoms with E-state index in [0.29, 0.717) is 30.6 Å². The highest BCUT2D eigenvalue weighted by atomic mass is 16.5. The summed E-state index contributed by atoms with van der Waals surface area (Å²) in [5.74, 6) is 0.491. The number of fused-ring (bicyclic) bond motifs is 5. The number of carbonyl (C=O) groups excluding carboxylic acids is 2. The second-order valence-corrected chi connectivity index (χ2v) is 10.7. The lowest BCUT2D eigenvalue weighted by Crippen LogP contribution is -2.68. The Kier molecular flexibility index (Phi) is 5.05. The van der Waals surface area contributed by atoms with Crippen LogP contribution in [0.15, 0.2) is 0 Å². The average Bonchev–Trinajstić information content (AvgIpc) is 2.93. The molecule has 0 heterocycles. The number of hydrogen-bond donors (Lipinski definition) is 2. The van der Waals surface area contributed by atoms with E-state index in [1.54, 1.807) is 0 Å². The molecule has 0 saturated heterocycles. The van der Waals surface area contributed by atoms with Crippen LogP contribution in [0, 0.1) is 28.6 Å². The topological polar surface area (TPSA) is 93.1 Å². The van der Waals surface area contributed by atoms with Gasteiger partial charge in [-0.1, -0.05) is 13.8 Å². The number of ether oxygens (including phenoxy) is 2. The fraction of sp³-hybridized carbons (Fsp3) is 0.913. The first-order chi connectivity index (χ1) is 13.5. The first-order valence-corrected chi connectivity index (χ1v) is 11.3.